The largest absolute Gasteiger partial charge is 0.485 e. The average Bonchev–Trinajstić information content (AvgIpc) is 3.05. The number of hydrogen-bond donors (Lipinski definition) is 0. The summed E-state index contributed by atoms with van der Waals surface area (Å²) in [5.74, 6) is -20.0. The number of halogens is 9. The fourth-order valence-corrected chi connectivity index (χ4v) is 2.44. The van der Waals surface area contributed by atoms with Gasteiger partial charge in [0.25, 0.3) is 0 Å². The van der Waals surface area contributed by atoms with E-state index < -0.39 is 42.8 Å². The van der Waals surface area contributed by atoms with Crippen LogP contribution in [0.4, 0.5) is 39.5 Å². The molecule has 0 fully saturated rings. The maximum Gasteiger partial charge on any atom is 0.460 e. The van der Waals surface area contributed by atoms with Crippen LogP contribution in [-0.4, -0.2) is 54.3 Å². The Kier molecular flexibility index (Phi) is 6.76. The number of carbonyl (C=O) groups is 1. The molecule has 5 nitrogen and oxygen atoms in total. The van der Waals surface area contributed by atoms with Crippen molar-refractivity contribution in [2.75, 3.05) is 19.8 Å². The normalized spacial score (nSPS) is 15.2. The highest BCUT2D eigenvalue weighted by molar-refractivity contribution is 5.69. The number of esters is 1. The van der Waals surface area contributed by atoms with Gasteiger partial charge in [-0.25, -0.2) is 0 Å². The van der Waals surface area contributed by atoms with Crippen molar-refractivity contribution in [3.63, 3.8) is 0 Å². The lowest BCUT2D eigenvalue weighted by atomic mass is 10.00. The minimum Gasteiger partial charge on any atom is -0.485 e. The van der Waals surface area contributed by atoms with E-state index in [0.717, 1.165) is 0 Å². The maximum absolute atomic E-state index is 13.3. The molecule has 0 bridgehead atoms. The lowest BCUT2D eigenvalue weighted by molar-refractivity contribution is -0.396. The molecule has 0 aromatic carbocycles. The monoisotopic (exact) mass is 457 g/mol. The molecule has 0 amide bonds. The molecule has 2 rings (SSSR count). The summed E-state index contributed by atoms with van der Waals surface area (Å²) in [4.78, 5) is 11.4. The second-order valence-electron chi connectivity index (χ2n) is 6.35. The first kappa shape index (κ1) is 24.0. The summed E-state index contributed by atoms with van der Waals surface area (Å²) < 4.78 is 131. The lowest BCUT2D eigenvalue weighted by Gasteiger charge is -2.33. The molecule has 0 aliphatic carbocycles. The van der Waals surface area contributed by atoms with Crippen LogP contribution in [0.1, 0.15) is 19.3 Å². The molecule has 0 atom stereocenters. The minimum absolute atomic E-state index is 0.165. The highest BCUT2D eigenvalue weighted by Crippen LogP contribution is 2.54. The fraction of sp³-hybridized carbons (Fsp3) is 0.688. The Labute approximate surface area is 163 Å². The molecule has 0 unspecified atom stereocenters. The van der Waals surface area contributed by atoms with Crippen LogP contribution >= 0.6 is 0 Å². The molecule has 1 aliphatic rings. The molecule has 1 aliphatic heterocycles. The van der Waals surface area contributed by atoms with Crippen molar-refractivity contribution in [1.82, 2.24) is 4.57 Å². The molecule has 2 heterocycles. The van der Waals surface area contributed by atoms with E-state index in [4.69, 9.17) is 9.47 Å². The van der Waals surface area contributed by atoms with Crippen LogP contribution in [0.3, 0.4) is 0 Å². The number of nitrogens with zero attached hydrogens (tertiary/aromatic N) is 1. The summed E-state index contributed by atoms with van der Waals surface area (Å²) in [7, 11) is 0. The van der Waals surface area contributed by atoms with Gasteiger partial charge in [-0.15, -0.1) is 0 Å². The molecular weight excluding hydrogens is 441 g/mol. The van der Waals surface area contributed by atoms with Crippen molar-refractivity contribution < 1.29 is 58.5 Å². The van der Waals surface area contributed by atoms with E-state index in [1.54, 1.807) is 17.0 Å². The Morgan fingerprint density at radius 3 is 1.97 bits per heavy atom. The Morgan fingerprint density at radius 2 is 1.47 bits per heavy atom. The predicted octanol–water partition coefficient (Wildman–Crippen LogP) is 4.44. The quantitative estimate of drug-likeness (QED) is 0.313. The van der Waals surface area contributed by atoms with Gasteiger partial charge in [0.2, 0.25) is 0 Å². The van der Waals surface area contributed by atoms with Gasteiger partial charge in [-0.1, -0.05) is 0 Å². The smallest absolute Gasteiger partial charge is 0.460 e. The number of rotatable bonds is 9. The van der Waals surface area contributed by atoms with Gasteiger partial charge in [0.15, 0.2) is 11.5 Å². The van der Waals surface area contributed by atoms with Gasteiger partial charge < -0.3 is 18.8 Å². The van der Waals surface area contributed by atoms with Crippen LogP contribution in [0.15, 0.2) is 12.4 Å². The van der Waals surface area contributed by atoms with Gasteiger partial charge in [0.1, 0.15) is 13.2 Å². The Morgan fingerprint density at radius 1 is 0.933 bits per heavy atom. The summed E-state index contributed by atoms with van der Waals surface area (Å²) in [6, 6.07) is 0. The van der Waals surface area contributed by atoms with Crippen molar-refractivity contribution in [3.8, 4) is 11.5 Å². The number of aromatic nitrogens is 1. The first-order valence-corrected chi connectivity index (χ1v) is 8.50. The summed E-state index contributed by atoms with van der Waals surface area (Å²) in [6.07, 6.45) is -7.26. The van der Waals surface area contributed by atoms with E-state index in [9.17, 15) is 44.3 Å². The number of carbonyl (C=O) groups excluding carboxylic acids is 1. The first-order valence-electron chi connectivity index (χ1n) is 8.50. The Balaban J connectivity index is 1.78. The van der Waals surface area contributed by atoms with Crippen molar-refractivity contribution in [3.05, 3.63) is 12.4 Å². The van der Waals surface area contributed by atoms with Crippen molar-refractivity contribution in [1.29, 1.82) is 0 Å². The predicted molar refractivity (Wildman–Crippen MR) is 81.1 cm³/mol. The molecule has 30 heavy (non-hydrogen) atoms. The van der Waals surface area contributed by atoms with E-state index in [-0.39, 0.29) is 19.6 Å². The second kappa shape index (κ2) is 8.46. The third-order valence-electron chi connectivity index (χ3n) is 4.08. The van der Waals surface area contributed by atoms with E-state index in [2.05, 4.69) is 4.74 Å². The Bertz CT molecular complexity index is 722. The lowest BCUT2D eigenvalue weighted by Crippen LogP contribution is -2.60. The van der Waals surface area contributed by atoms with Crippen LogP contribution < -0.4 is 9.47 Å². The van der Waals surface area contributed by atoms with E-state index >= 15 is 0 Å². The molecule has 1 aromatic heterocycles. The third kappa shape index (κ3) is 4.89. The number of ether oxygens (including phenoxy) is 3. The topological polar surface area (TPSA) is 49.7 Å². The molecule has 0 spiro atoms. The maximum atomic E-state index is 13.3. The van der Waals surface area contributed by atoms with Crippen molar-refractivity contribution >= 4 is 5.97 Å². The van der Waals surface area contributed by atoms with Gasteiger partial charge in [-0.3, -0.25) is 4.79 Å². The summed E-state index contributed by atoms with van der Waals surface area (Å²) in [6.45, 7) is 0.684. The van der Waals surface area contributed by atoms with Gasteiger partial charge >= 0.3 is 29.9 Å². The zero-order chi connectivity index (χ0) is 22.8. The minimum atomic E-state index is -6.98. The zero-order valence-corrected chi connectivity index (χ0v) is 15.1. The van der Waals surface area contributed by atoms with Crippen LogP contribution in [0.5, 0.6) is 11.5 Å². The van der Waals surface area contributed by atoms with Crippen LogP contribution in [0.25, 0.3) is 0 Å². The third-order valence-corrected chi connectivity index (χ3v) is 4.08. The van der Waals surface area contributed by atoms with Crippen LogP contribution in [0, 0.1) is 0 Å². The average molecular weight is 457 g/mol. The molecule has 0 saturated carbocycles. The summed E-state index contributed by atoms with van der Waals surface area (Å²) in [5.41, 5.74) is 0. The number of alkyl halides is 9. The van der Waals surface area contributed by atoms with E-state index in [0.29, 0.717) is 24.7 Å². The molecular formula is C16H16F9NO4. The molecule has 0 saturated heterocycles. The fourth-order valence-electron chi connectivity index (χ4n) is 2.44. The van der Waals surface area contributed by atoms with Gasteiger partial charge in [-0.05, 0) is 6.42 Å². The highest BCUT2D eigenvalue weighted by atomic mass is 19.4. The van der Waals surface area contributed by atoms with Gasteiger partial charge in [0, 0.05) is 13.0 Å². The molecule has 14 heteroatoms. The number of hydrogen-bond acceptors (Lipinski definition) is 4. The number of aryl methyl sites for hydroxylation is 1. The molecule has 0 N–H and O–H groups in total. The van der Waals surface area contributed by atoms with Gasteiger partial charge in [0.05, 0.1) is 25.4 Å². The van der Waals surface area contributed by atoms with Crippen LogP contribution in [-0.2, 0) is 16.1 Å². The second-order valence-corrected chi connectivity index (χ2v) is 6.35. The summed E-state index contributed by atoms with van der Waals surface area (Å²) >= 11 is 0. The SMILES string of the molecule is O=C(CCC(F)(F)C(F)(F)C(F)(F)C(F)(F)F)OCCCn1cc2c(c1)OCCO2. The Hall–Kier alpha value is -2.28. The van der Waals surface area contributed by atoms with Crippen molar-refractivity contribution in [2.24, 2.45) is 0 Å². The number of fused-ring (bicyclic) bond motifs is 1. The molecule has 172 valence electrons. The van der Waals surface area contributed by atoms with E-state index in [1.807, 2.05) is 0 Å². The highest BCUT2D eigenvalue weighted by Gasteiger charge is 2.81. The molecule has 1 aromatic rings. The van der Waals surface area contributed by atoms with Crippen LogP contribution in [0.2, 0.25) is 0 Å². The first-order chi connectivity index (χ1) is 13.7. The molecule has 0 radical (unpaired) electrons. The van der Waals surface area contributed by atoms with Gasteiger partial charge in [-0.2, -0.15) is 39.5 Å². The standard InChI is InChI=1S/C16H16F9NO4/c17-13(18,14(19,20)15(21,22)16(23,24)25)3-2-12(27)30-5-1-4-26-8-10-11(9-26)29-7-6-28-10/h8-9H,1-7H2. The zero-order valence-electron chi connectivity index (χ0n) is 15.1. The summed E-state index contributed by atoms with van der Waals surface area (Å²) in [5, 5.41) is 0. The van der Waals surface area contributed by atoms with Crippen molar-refractivity contribution in [2.45, 2.75) is 49.8 Å². The van der Waals surface area contributed by atoms with E-state index in [1.165, 1.54) is 0 Å².